The Labute approximate surface area is 107 Å². The zero-order chi connectivity index (χ0) is 13.8. The highest BCUT2D eigenvalue weighted by Crippen LogP contribution is 2.22. The van der Waals surface area contributed by atoms with Crippen molar-refractivity contribution in [1.82, 2.24) is 9.62 Å². The van der Waals surface area contributed by atoms with E-state index in [9.17, 15) is 13.5 Å². The number of hydrogen-bond donors (Lipinski definition) is 3. The third-order valence-electron chi connectivity index (χ3n) is 2.38. The number of nitrogens with one attached hydrogen (secondary N) is 1. The first-order chi connectivity index (χ1) is 8.33. The van der Waals surface area contributed by atoms with Crippen LogP contribution in [0, 0.1) is 0 Å². The second kappa shape index (κ2) is 6.03. The van der Waals surface area contributed by atoms with E-state index in [2.05, 4.69) is 4.72 Å². The highest BCUT2D eigenvalue weighted by molar-refractivity contribution is 7.89. The van der Waals surface area contributed by atoms with Crippen LogP contribution in [0.2, 0.25) is 0 Å². The summed E-state index contributed by atoms with van der Waals surface area (Å²) in [4.78, 5) is 2.04. The maximum absolute atomic E-state index is 11.9. The third-order valence-corrected chi connectivity index (χ3v) is 3.84. The number of anilines is 1. The van der Waals surface area contributed by atoms with Crippen LogP contribution in [0.5, 0.6) is 5.75 Å². The van der Waals surface area contributed by atoms with Crippen molar-refractivity contribution in [2.75, 3.05) is 32.9 Å². The summed E-state index contributed by atoms with van der Waals surface area (Å²) in [6, 6.07) is 3.83. The van der Waals surface area contributed by atoms with Gasteiger partial charge in [0.05, 0.1) is 10.6 Å². The van der Waals surface area contributed by atoms with Gasteiger partial charge in [-0.1, -0.05) is 0 Å². The molecule has 102 valence electrons. The molecular weight excluding hydrogens is 254 g/mol. The SMILES string of the molecule is CN(C)CCCNS(=O)(=O)c1ccc(O)c(N)c1. The van der Waals surface area contributed by atoms with E-state index in [0.29, 0.717) is 6.54 Å². The molecule has 0 fully saturated rings. The average molecular weight is 273 g/mol. The summed E-state index contributed by atoms with van der Waals surface area (Å²) in [6.45, 7) is 1.17. The average Bonchev–Trinajstić information content (AvgIpc) is 2.28. The molecule has 0 aromatic heterocycles. The summed E-state index contributed by atoms with van der Waals surface area (Å²) in [5.74, 6) is -0.124. The second-order valence-electron chi connectivity index (χ2n) is 4.28. The molecule has 0 amide bonds. The fourth-order valence-corrected chi connectivity index (χ4v) is 2.49. The molecule has 7 heteroatoms. The Morgan fingerprint density at radius 2 is 2.06 bits per heavy atom. The van der Waals surface area contributed by atoms with Crippen LogP contribution in [0.3, 0.4) is 0 Å². The first kappa shape index (κ1) is 14.7. The summed E-state index contributed by atoms with van der Waals surface area (Å²) >= 11 is 0. The first-order valence-electron chi connectivity index (χ1n) is 5.56. The van der Waals surface area contributed by atoms with Crippen LogP contribution >= 0.6 is 0 Å². The van der Waals surface area contributed by atoms with Crippen LogP contribution in [-0.2, 0) is 10.0 Å². The summed E-state index contributed by atoms with van der Waals surface area (Å²) in [6.07, 6.45) is 0.722. The number of phenolic OH excluding ortho intramolecular Hbond substituents is 1. The van der Waals surface area contributed by atoms with Gasteiger partial charge in [-0.25, -0.2) is 13.1 Å². The Kier molecular flexibility index (Phi) is 4.94. The Morgan fingerprint density at radius 1 is 1.39 bits per heavy atom. The molecule has 0 aliphatic rings. The Bertz CT molecular complexity index is 500. The van der Waals surface area contributed by atoms with Crippen LogP contribution in [0.1, 0.15) is 6.42 Å². The number of rotatable bonds is 6. The van der Waals surface area contributed by atoms with Crippen LogP contribution in [-0.4, -0.2) is 45.6 Å². The number of nitrogens with zero attached hydrogens (tertiary/aromatic N) is 1. The Balaban J connectivity index is 2.66. The molecule has 0 atom stereocenters. The normalized spacial score (nSPS) is 11.9. The number of benzene rings is 1. The van der Waals surface area contributed by atoms with Crippen LogP contribution in [0.15, 0.2) is 23.1 Å². The van der Waals surface area contributed by atoms with Crippen molar-refractivity contribution in [3.05, 3.63) is 18.2 Å². The quantitative estimate of drug-likeness (QED) is 0.391. The van der Waals surface area contributed by atoms with Gasteiger partial charge in [0.1, 0.15) is 5.75 Å². The van der Waals surface area contributed by atoms with E-state index >= 15 is 0 Å². The lowest BCUT2D eigenvalue weighted by Gasteiger charge is -2.10. The highest BCUT2D eigenvalue weighted by Gasteiger charge is 2.14. The van der Waals surface area contributed by atoms with Crippen molar-refractivity contribution < 1.29 is 13.5 Å². The molecule has 0 bridgehead atoms. The summed E-state index contributed by atoms with van der Waals surface area (Å²) in [5, 5.41) is 9.24. The number of nitrogens with two attached hydrogens (primary N) is 1. The Morgan fingerprint density at radius 3 is 2.61 bits per heavy atom. The maximum atomic E-state index is 11.9. The largest absolute Gasteiger partial charge is 0.506 e. The number of nitrogen functional groups attached to an aromatic ring is 1. The van der Waals surface area contributed by atoms with Gasteiger partial charge in [0, 0.05) is 6.54 Å². The minimum absolute atomic E-state index is 0.0474. The lowest BCUT2D eigenvalue weighted by atomic mass is 10.3. The number of sulfonamides is 1. The van der Waals surface area contributed by atoms with Crippen molar-refractivity contribution in [1.29, 1.82) is 0 Å². The molecule has 0 unspecified atom stereocenters. The van der Waals surface area contributed by atoms with Crippen molar-refractivity contribution in [2.24, 2.45) is 0 Å². The van der Waals surface area contributed by atoms with Gasteiger partial charge in [0.15, 0.2) is 0 Å². The topological polar surface area (TPSA) is 95.7 Å². The molecule has 0 radical (unpaired) electrons. The monoisotopic (exact) mass is 273 g/mol. The minimum Gasteiger partial charge on any atom is -0.506 e. The fourth-order valence-electron chi connectivity index (χ4n) is 1.38. The molecule has 1 rings (SSSR count). The third kappa shape index (κ3) is 4.17. The van der Waals surface area contributed by atoms with E-state index in [0.717, 1.165) is 13.0 Å². The van der Waals surface area contributed by atoms with Gasteiger partial charge in [0.25, 0.3) is 0 Å². The first-order valence-corrected chi connectivity index (χ1v) is 7.04. The zero-order valence-corrected chi connectivity index (χ0v) is 11.4. The van der Waals surface area contributed by atoms with Crippen molar-refractivity contribution in [3.8, 4) is 5.75 Å². The summed E-state index contributed by atoms with van der Waals surface area (Å²) < 4.78 is 26.2. The van der Waals surface area contributed by atoms with Gasteiger partial charge >= 0.3 is 0 Å². The van der Waals surface area contributed by atoms with E-state index in [-0.39, 0.29) is 16.3 Å². The standard InChI is InChI=1S/C11H19N3O3S/c1-14(2)7-3-6-13-18(16,17)9-4-5-11(15)10(12)8-9/h4-5,8,13,15H,3,6-7,12H2,1-2H3. The molecule has 0 heterocycles. The molecule has 4 N–H and O–H groups in total. The molecule has 0 saturated carbocycles. The lowest BCUT2D eigenvalue weighted by Crippen LogP contribution is -2.27. The van der Waals surface area contributed by atoms with E-state index in [1.54, 1.807) is 0 Å². The molecule has 18 heavy (non-hydrogen) atoms. The molecule has 0 aliphatic carbocycles. The number of hydrogen-bond acceptors (Lipinski definition) is 5. The molecule has 6 nitrogen and oxygen atoms in total. The van der Waals surface area contributed by atoms with E-state index in [1.165, 1.54) is 18.2 Å². The second-order valence-corrected chi connectivity index (χ2v) is 6.04. The predicted octanol–water partition coefficient (Wildman–Crippen LogP) is 0.204. The Hall–Kier alpha value is -1.31. The van der Waals surface area contributed by atoms with Crippen LogP contribution in [0.25, 0.3) is 0 Å². The van der Waals surface area contributed by atoms with E-state index in [1.807, 2.05) is 19.0 Å². The molecular formula is C11H19N3O3S. The van der Waals surface area contributed by atoms with Crippen LogP contribution < -0.4 is 10.5 Å². The van der Waals surface area contributed by atoms with Crippen LogP contribution in [0.4, 0.5) is 5.69 Å². The van der Waals surface area contributed by atoms with Gasteiger partial charge in [-0.05, 0) is 45.3 Å². The number of phenols is 1. The van der Waals surface area contributed by atoms with Gasteiger partial charge in [0.2, 0.25) is 10.0 Å². The summed E-state index contributed by atoms with van der Waals surface area (Å²) in [5.41, 5.74) is 5.51. The summed E-state index contributed by atoms with van der Waals surface area (Å²) in [7, 11) is 0.294. The van der Waals surface area contributed by atoms with E-state index < -0.39 is 10.0 Å². The molecule has 0 saturated heterocycles. The predicted molar refractivity (Wildman–Crippen MR) is 70.9 cm³/mol. The van der Waals surface area contributed by atoms with Crippen molar-refractivity contribution in [2.45, 2.75) is 11.3 Å². The van der Waals surface area contributed by atoms with Gasteiger partial charge in [-0.3, -0.25) is 0 Å². The molecule has 1 aromatic rings. The van der Waals surface area contributed by atoms with Gasteiger partial charge in [-0.15, -0.1) is 0 Å². The highest BCUT2D eigenvalue weighted by atomic mass is 32.2. The molecule has 0 aliphatic heterocycles. The van der Waals surface area contributed by atoms with Crippen molar-refractivity contribution in [3.63, 3.8) is 0 Å². The van der Waals surface area contributed by atoms with E-state index in [4.69, 9.17) is 5.73 Å². The lowest BCUT2D eigenvalue weighted by molar-refractivity contribution is 0.400. The van der Waals surface area contributed by atoms with Gasteiger partial charge in [-0.2, -0.15) is 0 Å². The molecule has 0 spiro atoms. The smallest absolute Gasteiger partial charge is 0.240 e. The maximum Gasteiger partial charge on any atom is 0.240 e. The molecule has 1 aromatic carbocycles. The number of aromatic hydroxyl groups is 1. The zero-order valence-electron chi connectivity index (χ0n) is 10.5. The fraction of sp³-hybridized carbons (Fsp3) is 0.455. The minimum atomic E-state index is -3.56. The van der Waals surface area contributed by atoms with Gasteiger partial charge < -0.3 is 15.7 Å². The van der Waals surface area contributed by atoms with Crippen molar-refractivity contribution >= 4 is 15.7 Å².